The number of nitrogens with one attached hydrogen (secondary N) is 1. The Morgan fingerprint density at radius 2 is 1.89 bits per heavy atom. The molecule has 0 saturated heterocycles. The number of benzene rings is 1. The van der Waals surface area contributed by atoms with Crippen LogP contribution in [-0.4, -0.2) is 14.0 Å². The maximum absolute atomic E-state index is 13.4. The molecule has 0 spiro atoms. The molecule has 1 aromatic rings. The second-order valence-corrected chi connectivity index (χ2v) is 7.09. The lowest BCUT2D eigenvalue weighted by atomic mass is 9.84. The van der Waals surface area contributed by atoms with Gasteiger partial charge in [-0.25, -0.2) is 17.5 Å². The fraction of sp³-hybridized carbons (Fsp3) is 0.538. The Labute approximate surface area is 113 Å². The van der Waals surface area contributed by atoms with Crippen molar-refractivity contribution >= 4 is 15.7 Å². The van der Waals surface area contributed by atoms with Crippen molar-refractivity contribution in [3.8, 4) is 0 Å². The molecule has 2 rings (SSSR count). The number of sulfonamides is 1. The number of rotatable bonds is 3. The minimum Gasteiger partial charge on any atom is -0.396 e. The zero-order valence-electron chi connectivity index (χ0n) is 10.9. The highest BCUT2D eigenvalue weighted by atomic mass is 32.2. The molecule has 4 nitrogen and oxygen atoms in total. The van der Waals surface area contributed by atoms with Crippen LogP contribution in [0, 0.1) is 5.82 Å². The second kappa shape index (κ2) is 5.09. The minimum atomic E-state index is -3.70. The molecule has 106 valence electrons. The van der Waals surface area contributed by atoms with Gasteiger partial charge in [0.1, 0.15) is 5.82 Å². The summed E-state index contributed by atoms with van der Waals surface area (Å²) in [6, 6.07) is 3.56. The van der Waals surface area contributed by atoms with Crippen LogP contribution < -0.4 is 10.5 Å². The summed E-state index contributed by atoms with van der Waals surface area (Å²) in [6.45, 7) is 1.90. The minimum absolute atomic E-state index is 0.0529. The topological polar surface area (TPSA) is 72.2 Å². The Hall–Kier alpha value is -1.14. The van der Waals surface area contributed by atoms with Crippen molar-refractivity contribution in [2.45, 2.75) is 49.5 Å². The molecule has 1 aromatic carbocycles. The number of hydrogen-bond donors (Lipinski definition) is 2. The van der Waals surface area contributed by atoms with Gasteiger partial charge in [-0.05, 0) is 38.0 Å². The molecule has 1 saturated carbocycles. The Bertz CT molecular complexity index is 566. The molecule has 6 heteroatoms. The highest BCUT2D eigenvalue weighted by Gasteiger charge is 2.32. The number of anilines is 1. The lowest BCUT2D eigenvalue weighted by Crippen LogP contribution is -2.47. The summed E-state index contributed by atoms with van der Waals surface area (Å²) >= 11 is 0. The summed E-state index contributed by atoms with van der Waals surface area (Å²) < 4.78 is 40.6. The molecule has 0 atom stereocenters. The summed E-state index contributed by atoms with van der Waals surface area (Å²) in [4.78, 5) is -0.0778. The molecule has 0 unspecified atom stereocenters. The van der Waals surface area contributed by atoms with Gasteiger partial charge in [0.15, 0.2) is 0 Å². The first-order chi connectivity index (χ1) is 8.82. The third kappa shape index (κ3) is 3.25. The standard InChI is InChI=1S/C13H19FN2O2S/c1-13(7-3-2-4-8-13)16-19(17,18)10-5-6-12(15)11(14)9-10/h5-6,9,16H,2-4,7-8,15H2,1H3. The molecule has 0 aromatic heterocycles. The van der Waals surface area contributed by atoms with E-state index in [0.717, 1.165) is 38.2 Å². The molecule has 0 heterocycles. The van der Waals surface area contributed by atoms with Gasteiger partial charge in [-0.1, -0.05) is 19.3 Å². The SMILES string of the molecule is CC1(NS(=O)(=O)c2ccc(N)c(F)c2)CCCCC1. The zero-order chi connectivity index (χ0) is 14.1. The number of halogens is 1. The molecule has 0 amide bonds. The third-order valence-electron chi connectivity index (χ3n) is 3.62. The fourth-order valence-corrected chi connectivity index (χ4v) is 3.97. The number of hydrogen-bond acceptors (Lipinski definition) is 3. The molecule has 1 aliphatic rings. The first-order valence-corrected chi connectivity index (χ1v) is 7.90. The summed E-state index contributed by atoms with van der Waals surface area (Å²) in [5, 5.41) is 0. The second-order valence-electron chi connectivity index (χ2n) is 5.41. The van der Waals surface area contributed by atoms with Gasteiger partial charge in [-0.2, -0.15) is 0 Å². The Balaban J connectivity index is 2.24. The Kier molecular flexibility index (Phi) is 3.82. The van der Waals surface area contributed by atoms with Gasteiger partial charge in [0.05, 0.1) is 10.6 Å². The lowest BCUT2D eigenvalue weighted by molar-refractivity contribution is 0.294. The van der Waals surface area contributed by atoms with E-state index in [1.54, 1.807) is 0 Å². The average molecular weight is 286 g/mol. The summed E-state index contributed by atoms with van der Waals surface area (Å²) in [5.74, 6) is -0.711. The van der Waals surface area contributed by atoms with Gasteiger partial charge < -0.3 is 5.73 Å². The van der Waals surface area contributed by atoms with Gasteiger partial charge >= 0.3 is 0 Å². The van der Waals surface area contributed by atoms with E-state index in [1.807, 2.05) is 6.92 Å². The van der Waals surface area contributed by atoms with E-state index in [4.69, 9.17) is 5.73 Å². The van der Waals surface area contributed by atoms with Gasteiger partial charge in [0, 0.05) is 5.54 Å². The van der Waals surface area contributed by atoms with E-state index in [1.165, 1.54) is 12.1 Å². The Morgan fingerprint density at radius 1 is 1.26 bits per heavy atom. The van der Waals surface area contributed by atoms with Crippen LogP contribution in [0.2, 0.25) is 0 Å². The molecule has 1 aliphatic carbocycles. The normalized spacial score (nSPS) is 19.3. The van der Waals surface area contributed by atoms with Crippen molar-refractivity contribution < 1.29 is 12.8 Å². The summed E-state index contributed by atoms with van der Waals surface area (Å²) in [6.07, 6.45) is 4.77. The number of nitrogen functional groups attached to an aromatic ring is 1. The molecule has 1 fully saturated rings. The van der Waals surface area contributed by atoms with Crippen LogP contribution in [0.25, 0.3) is 0 Å². The van der Waals surface area contributed by atoms with E-state index in [9.17, 15) is 12.8 Å². The average Bonchev–Trinajstić information content (AvgIpc) is 2.32. The molecule has 0 bridgehead atoms. The van der Waals surface area contributed by atoms with Crippen molar-refractivity contribution in [2.75, 3.05) is 5.73 Å². The Morgan fingerprint density at radius 3 is 2.47 bits per heavy atom. The monoisotopic (exact) mass is 286 g/mol. The van der Waals surface area contributed by atoms with Crippen LogP contribution in [0.5, 0.6) is 0 Å². The predicted molar refractivity (Wildman–Crippen MR) is 72.6 cm³/mol. The van der Waals surface area contributed by atoms with Gasteiger partial charge in [0.2, 0.25) is 10.0 Å². The molecular formula is C13H19FN2O2S. The quantitative estimate of drug-likeness (QED) is 0.838. The predicted octanol–water partition coefficient (Wildman–Crippen LogP) is 2.41. The zero-order valence-corrected chi connectivity index (χ0v) is 11.8. The van der Waals surface area contributed by atoms with Gasteiger partial charge in [0.25, 0.3) is 0 Å². The first-order valence-electron chi connectivity index (χ1n) is 6.41. The van der Waals surface area contributed by atoms with Crippen LogP contribution >= 0.6 is 0 Å². The van der Waals surface area contributed by atoms with Crippen molar-refractivity contribution in [3.05, 3.63) is 24.0 Å². The van der Waals surface area contributed by atoms with E-state index in [0.29, 0.717) is 0 Å². The van der Waals surface area contributed by atoms with Crippen LogP contribution in [0.3, 0.4) is 0 Å². The summed E-state index contributed by atoms with van der Waals surface area (Å²) in [7, 11) is -3.70. The van der Waals surface area contributed by atoms with Crippen LogP contribution in [0.15, 0.2) is 23.1 Å². The summed E-state index contributed by atoms with van der Waals surface area (Å²) in [5.41, 5.74) is 4.86. The molecule has 0 aliphatic heterocycles. The van der Waals surface area contributed by atoms with Gasteiger partial charge in [-0.15, -0.1) is 0 Å². The van der Waals surface area contributed by atoms with Crippen molar-refractivity contribution in [1.82, 2.24) is 4.72 Å². The van der Waals surface area contributed by atoms with Crippen LogP contribution in [0.4, 0.5) is 10.1 Å². The highest BCUT2D eigenvalue weighted by molar-refractivity contribution is 7.89. The van der Waals surface area contributed by atoms with Crippen LogP contribution in [0.1, 0.15) is 39.0 Å². The van der Waals surface area contributed by atoms with Crippen LogP contribution in [-0.2, 0) is 10.0 Å². The lowest BCUT2D eigenvalue weighted by Gasteiger charge is -2.34. The third-order valence-corrected chi connectivity index (χ3v) is 5.26. The number of nitrogens with two attached hydrogens (primary N) is 1. The van der Waals surface area contributed by atoms with Crippen molar-refractivity contribution in [3.63, 3.8) is 0 Å². The highest BCUT2D eigenvalue weighted by Crippen LogP contribution is 2.29. The smallest absolute Gasteiger partial charge is 0.241 e. The molecule has 19 heavy (non-hydrogen) atoms. The van der Waals surface area contributed by atoms with Crippen molar-refractivity contribution in [1.29, 1.82) is 0 Å². The van der Waals surface area contributed by atoms with E-state index in [2.05, 4.69) is 4.72 Å². The maximum Gasteiger partial charge on any atom is 0.241 e. The molecular weight excluding hydrogens is 267 g/mol. The van der Waals surface area contributed by atoms with E-state index >= 15 is 0 Å². The van der Waals surface area contributed by atoms with E-state index < -0.39 is 21.4 Å². The molecule has 3 N–H and O–H groups in total. The van der Waals surface area contributed by atoms with Gasteiger partial charge in [-0.3, -0.25) is 0 Å². The molecule has 0 radical (unpaired) electrons. The maximum atomic E-state index is 13.4. The van der Waals surface area contributed by atoms with E-state index in [-0.39, 0.29) is 10.6 Å². The first kappa shape index (κ1) is 14.3. The largest absolute Gasteiger partial charge is 0.396 e. The van der Waals surface area contributed by atoms with Crippen molar-refractivity contribution in [2.24, 2.45) is 0 Å². The fourth-order valence-electron chi connectivity index (χ4n) is 2.49.